The lowest BCUT2D eigenvalue weighted by atomic mass is 9.63. The van der Waals surface area contributed by atoms with Gasteiger partial charge in [0.1, 0.15) is 0 Å². The first kappa shape index (κ1) is 12.4. The molecule has 6 rings (SSSR count). The van der Waals surface area contributed by atoms with Gasteiger partial charge >= 0.3 is 0 Å². The Morgan fingerprint density at radius 1 is 0.905 bits per heavy atom. The third kappa shape index (κ3) is 1.49. The Morgan fingerprint density at radius 3 is 1.95 bits per heavy atom. The highest BCUT2D eigenvalue weighted by molar-refractivity contribution is 14.1. The molecule has 0 N–H and O–H groups in total. The largest absolute Gasteiger partial charge is 0.274 e. The summed E-state index contributed by atoms with van der Waals surface area (Å²) >= 11 is 2.23. The van der Waals surface area contributed by atoms with E-state index in [0.29, 0.717) is 23.7 Å². The number of benzene rings is 1. The second kappa shape index (κ2) is 3.97. The van der Waals surface area contributed by atoms with E-state index in [1.807, 2.05) is 24.3 Å². The minimum absolute atomic E-state index is 0.0240. The average Bonchev–Trinajstić information content (AvgIpc) is 3.26. The molecule has 1 aliphatic heterocycles. The summed E-state index contributed by atoms with van der Waals surface area (Å²) in [5.41, 5.74) is 0.730. The number of nitrogens with zero attached hydrogens (tertiary/aromatic N) is 1. The zero-order valence-electron chi connectivity index (χ0n) is 11.3. The van der Waals surface area contributed by atoms with E-state index >= 15 is 0 Å². The Hall–Kier alpha value is -1.17. The Kier molecular flexibility index (Phi) is 2.34. The smallest absolute Gasteiger partial charge is 0.238 e. The summed E-state index contributed by atoms with van der Waals surface area (Å²) in [5.74, 6) is 1.77. The van der Waals surface area contributed by atoms with E-state index in [9.17, 15) is 9.59 Å². The first-order valence-corrected chi connectivity index (χ1v) is 8.56. The third-order valence-corrected chi connectivity index (χ3v) is 6.47. The topological polar surface area (TPSA) is 37.4 Å². The van der Waals surface area contributed by atoms with Crippen LogP contribution in [0.2, 0.25) is 0 Å². The molecule has 0 radical (unpaired) electrons. The number of rotatable bonds is 1. The highest BCUT2D eigenvalue weighted by Crippen LogP contribution is 2.65. The van der Waals surface area contributed by atoms with Gasteiger partial charge in [0, 0.05) is 3.57 Å². The van der Waals surface area contributed by atoms with E-state index < -0.39 is 0 Å². The average molecular weight is 391 g/mol. The lowest BCUT2D eigenvalue weighted by Gasteiger charge is -2.37. The van der Waals surface area contributed by atoms with Crippen molar-refractivity contribution in [1.82, 2.24) is 0 Å². The van der Waals surface area contributed by atoms with Gasteiger partial charge in [-0.3, -0.25) is 14.5 Å². The number of hydrogen-bond acceptors (Lipinski definition) is 2. The number of imide groups is 1. The van der Waals surface area contributed by atoms with Gasteiger partial charge in [0.25, 0.3) is 0 Å². The zero-order valence-corrected chi connectivity index (χ0v) is 13.4. The van der Waals surface area contributed by atoms with Crippen molar-refractivity contribution in [3.05, 3.63) is 40.0 Å². The lowest BCUT2D eigenvalue weighted by molar-refractivity contribution is -0.124. The Balaban J connectivity index is 1.58. The SMILES string of the molecule is O=C1[C@@H]2[C@H]3C=C[C@@H]([C@@H]4C[C@@H]34)[C@H]2C(=O)N1c1ccc(I)cc1. The summed E-state index contributed by atoms with van der Waals surface area (Å²) < 4.78 is 1.11. The molecule has 4 heteroatoms. The van der Waals surface area contributed by atoms with Crippen LogP contribution in [0.15, 0.2) is 36.4 Å². The van der Waals surface area contributed by atoms with Crippen molar-refractivity contribution in [1.29, 1.82) is 0 Å². The molecule has 0 aromatic heterocycles. The van der Waals surface area contributed by atoms with Crippen LogP contribution in [0.4, 0.5) is 5.69 Å². The van der Waals surface area contributed by atoms with Gasteiger partial charge in [0.15, 0.2) is 0 Å². The zero-order chi connectivity index (χ0) is 14.3. The first-order valence-electron chi connectivity index (χ1n) is 7.48. The highest BCUT2D eigenvalue weighted by atomic mass is 127. The van der Waals surface area contributed by atoms with Gasteiger partial charge in [-0.25, -0.2) is 0 Å². The second-order valence-electron chi connectivity index (χ2n) is 6.64. The molecule has 2 amide bonds. The summed E-state index contributed by atoms with van der Waals surface area (Å²) in [6.45, 7) is 0. The van der Waals surface area contributed by atoms with Gasteiger partial charge in [0.2, 0.25) is 11.8 Å². The minimum Gasteiger partial charge on any atom is -0.274 e. The summed E-state index contributed by atoms with van der Waals surface area (Å²) in [6.07, 6.45) is 5.63. The molecule has 0 spiro atoms. The van der Waals surface area contributed by atoms with Crippen LogP contribution in [-0.4, -0.2) is 11.8 Å². The van der Waals surface area contributed by atoms with Crippen molar-refractivity contribution in [2.75, 3.05) is 4.90 Å². The van der Waals surface area contributed by atoms with Gasteiger partial charge < -0.3 is 0 Å². The number of carbonyl (C=O) groups excluding carboxylic acids is 2. The molecule has 5 aliphatic rings. The van der Waals surface area contributed by atoms with E-state index in [2.05, 4.69) is 34.7 Å². The molecule has 4 aliphatic carbocycles. The van der Waals surface area contributed by atoms with Gasteiger partial charge in [-0.05, 0) is 76.9 Å². The summed E-state index contributed by atoms with van der Waals surface area (Å²) in [5, 5.41) is 0. The molecule has 3 fully saturated rings. The van der Waals surface area contributed by atoms with Crippen molar-refractivity contribution in [2.24, 2.45) is 35.5 Å². The van der Waals surface area contributed by atoms with Gasteiger partial charge in [-0.1, -0.05) is 12.2 Å². The molecular weight excluding hydrogens is 377 g/mol. The second-order valence-corrected chi connectivity index (χ2v) is 7.89. The van der Waals surface area contributed by atoms with E-state index in [1.54, 1.807) is 0 Å². The van der Waals surface area contributed by atoms with Crippen molar-refractivity contribution >= 4 is 40.1 Å². The van der Waals surface area contributed by atoms with Crippen LogP contribution in [0.25, 0.3) is 0 Å². The van der Waals surface area contributed by atoms with Gasteiger partial charge in [-0.2, -0.15) is 0 Å². The van der Waals surface area contributed by atoms with E-state index in [4.69, 9.17) is 0 Å². The fourth-order valence-corrected chi connectivity index (χ4v) is 5.16. The summed E-state index contributed by atoms with van der Waals surface area (Å²) in [4.78, 5) is 27.2. The molecule has 2 saturated carbocycles. The van der Waals surface area contributed by atoms with E-state index in [0.717, 1.165) is 9.26 Å². The molecule has 21 heavy (non-hydrogen) atoms. The normalized spacial score (nSPS) is 42.2. The van der Waals surface area contributed by atoms with Gasteiger partial charge in [0.05, 0.1) is 17.5 Å². The molecule has 2 bridgehead atoms. The molecule has 1 saturated heterocycles. The highest BCUT2D eigenvalue weighted by Gasteiger charge is 2.67. The standard InChI is InChI=1S/C17H14INO2/c18-8-1-3-9(4-2-8)19-16(20)14-10-5-6-11(13-7-12(10)13)15(14)17(19)21/h1-6,10-15H,7H2/t10-,11-,12-,13-,14+,15+/m0/s1. The van der Waals surface area contributed by atoms with Gasteiger partial charge in [-0.15, -0.1) is 0 Å². The third-order valence-electron chi connectivity index (χ3n) is 5.75. The van der Waals surface area contributed by atoms with Crippen LogP contribution in [-0.2, 0) is 9.59 Å². The minimum atomic E-state index is -0.101. The molecule has 1 heterocycles. The lowest BCUT2D eigenvalue weighted by Crippen LogP contribution is -2.40. The molecule has 6 atom stereocenters. The monoisotopic (exact) mass is 391 g/mol. The maximum atomic E-state index is 12.9. The number of amides is 2. The van der Waals surface area contributed by atoms with Crippen molar-refractivity contribution in [3.8, 4) is 0 Å². The van der Waals surface area contributed by atoms with Crippen LogP contribution >= 0.6 is 22.6 Å². The molecule has 106 valence electrons. The number of halogens is 1. The number of allylic oxidation sites excluding steroid dienone is 2. The summed E-state index contributed by atoms with van der Waals surface area (Å²) in [7, 11) is 0. The van der Waals surface area contributed by atoms with E-state index in [1.165, 1.54) is 11.3 Å². The quantitative estimate of drug-likeness (QED) is 0.420. The van der Waals surface area contributed by atoms with Crippen LogP contribution in [0.5, 0.6) is 0 Å². The number of carbonyl (C=O) groups is 2. The molecule has 1 aromatic carbocycles. The maximum Gasteiger partial charge on any atom is 0.238 e. The molecule has 1 aromatic rings. The molecule has 0 unspecified atom stereocenters. The number of anilines is 1. The molecule has 3 nitrogen and oxygen atoms in total. The van der Waals surface area contributed by atoms with E-state index in [-0.39, 0.29) is 23.7 Å². The van der Waals surface area contributed by atoms with Crippen molar-refractivity contribution in [2.45, 2.75) is 6.42 Å². The van der Waals surface area contributed by atoms with Crippen LogP contribution < -0.4 is 4.90 Å². The number of hydrogen-bond donors (Lipinski definition) is 0. The maximum absolute atomic E-state index is 12.9. The van der Waals surface area contributed by atoms with Crippen LogP contribution in [0, 0.1) is 39.1 Å². The fraction of sp³-hybridized carbons (Fsp3) is 0.412. The predicted octanol–water partition coefficient (Wildman–Crippen LogP) is 2.85. The first-order chi connectivity index (χ1) is 10.2. The Bertz CT molecular complexity index is 659. The van der Waals surface area contributed by atoms with Crippen molar-refractivity contribution in [3.63, 3.8) is 0 Å². The van der Waals surface area contributed by atoms with Crippen molar-refractivity contribution < 1.29 is 9.59 Å². The Labute approximate surface area is 136 Å². The molecular formula is C17H14INO2. The van der Waals surface area contributed by atoms with Crippen LogP contribution in [0.3, 0.4) is 0 Å². The van der Waals surface area contributed by atoms with Crippen LogP contribution in [0.1, 0.15) is 6.42 Å². The predicted molar refractivity (Wildman–Crippen MR) is 86.3 cm³/mol. The summed E-state index contributed by atoms with van der Waals surface area (Å²) in [6, 6.07) is 7.65. The Morgan fingerprint density at radius 2 is 1.43 bits per heavy atom. The fourth-order valence-electron chi connectivity index (χ4n) is 4.80.